The van der Waals surface area contributed by atoms with Gasteiger partial charge in [-0.25, -0.2) is 13.4 Å². The zero-order valence-corrected chi connectivity index (χ0v) is 14.9. The summed E-state index contributed by atoms with van der Waals surface area (Å²) in [7, 11) is -3.66. The van der Waals surface area contributed by atoms with Crippen LogP contribution in [-0.2, 0) is 16.4 Å². The Morgan fingerprint density at radius 2 is 1.93 bits per heavy atom. The molecule has 8 heteroatoms. The molecular formula is C19H15N3O4S. The molecule has 1 N–H and O–H groups in total. The fourth-order valence-electron chi connectivity index (χ4n) is 2.66. The van der Waals surface area contributed by atoms with Crippen LogP contribution in [0.25, 0.3) is 5.65 Å². The van der Waals surface area contributed by atoms with Crippen LogP contribution in [0.3, 0.4) is 0 Å². The van der Waals surface area contributed by atoms with Crippen molar-refractivity contribution >= 4 is 21.4 Å². The maximum absolute atomic E-state index is 12.4. The van der Waals surface area contributed by atoms with E-state index in [4.69, 9.17) is 4.42 Å². The van der Waals surface area contributed by atoms with Gasteiger partial charge in [0.1, 0.15) is 5.65 Å². The van der Waals surface area contributed by atoms with Crippen LogP contribution < -0.4 is 5.32 Å². The monoisotopic (exact) mass is 381 g/mol. The number of imidazole rings is 1. The second-order valence-corrected chi connectivity index (χ2v) is 7.75. The van der Waals surface area contributed by atoms with Gasteiger partial charge in [-0.05, 0) is 42.0 Å². The Morgan fingerprint density at radius 3 is 2.67 bits per heavy atom. The van der Waals surface area contributed by atoms with Crippen LogP contribution in [0.5, 0.6) is 0 Å². The average molecular weight is 381 g/mol. The summed E-state index contributed by atoms with van der Waals surface area (Å²) < 4.78 is 31.5. The first-order chi connectivity index (χ1) is 13.0. The quantitative estimate of drug-likeness (QED) is 0.574. The van der Waals surface area contributed by atoms with E-state index in [1.807, 2.05) is 0 Å². The number of carbonyl (C=O) groups is 1. The van der Waals surface area contributed by atoms with E-state index in [9.17, 15) is 13.2 Å². The maximum atomic E-state index is 12.4. The molecule has 0 unspecified atom stereocenters. The van der Waals surface area contributed by atoms with Gasteiger partial charge in [0.25, 0.3) is 5.91 Å². The van der Waals surface area contributed by atoms with Crippen LogP contribution in [0.1, 0.15) is 15.9 Å². The standard InChI is InChI=1S/C19H15N3O4S/c23-19(15-5-8-17-20-9-10-22(17)13-15)21-12-14-3-6-16(7-4-14)27(24,25)18-2-1-11-26-18/h1-11,13H,12H2,(H,21,23). The third-order valence-electron chi connectivity index (χ3n) is 4.10. The minimum atomic E-state index is -3.66. The summed E-state index contributed by atoms with van der Waals surface area (Å²) in [5.74, 6) is -0.224. The number of nitrogens with zero attached hydrogens (tertiary/aromatic N) is 2. The zero-order chi connectivity index (χ0) is 18.9. The molecule has 0 spiro atoms. The fraction of sp³-hybridized carbons (Fsp3) is 0.0526. The van der Waals surface area contributed by atoms with Gasteiger partial charge in [0, 0.05) is 25.1 Å². The summed E-state index contributed by atoms with van der Waals surface area (Å²) in [5, 5.41) is 2.72. The van der Waals surface area contributed by atoms with E-state index in [0.717, 1.165) is 11.2 Å². The lowest BCUT2D eigenvalue weighted by molar-refractivity contribution is 0.0950. The number of rotatable bonds is 5. The number of hydrogen-bond donors (Lipinski definition) is 1. The Labute approximate surface area is 155 Å². The van der Waals surface area contributed by atoms with Crippen LogP contribution in [0, 0.1) is 0 Å². The summed E-state index contributed by atoms with van der Waals surface area (Å²) in [6, 6.07) is 12.7. The summed E-state index contributed by atoms with van der Waals surface area (Å²) in [6.45, 7) is 0.280. The van der Waals surface area contributed by atoms with Gasteiger partial charge in [0.2, 0.25) is 14.9 Å². The molecule has 7 nitrogen and oxygen atoms in total. The number of nitrogens with one attached hydrogen (secondary N) is 1. The maximum Gasteiger partial charge on any atom is 0.253 e. The zero-order valence-electron chi connectivity index (χ0n) is 14.1. The first kappa shape index (κ1) is 17.0. The van der Waals surface area contributed by atoms with E-state index < -0.39 is 9.84 Å². The molecule has 136 valence electrons. The smallest absolute Gasteiger partial charge is 0.253 e. The van der Waals surface area contributed by atoms with Crippen LogP contribution in [-0.4, -0.2) is 23.7 Å². The van der Waals surface area contributed by atoms with Crippen molar-refractivity contribution < 1.29 is 17.6 Å². The Balaban J connectivity index is 1.45. The molecule has 0 atom stereocenters. The number of benzene rings is 1. The fourth-order valence-corrected chi connectivity index (χ4v) is 3.82. The van der Waals surface area contributed by atoms with Gasteiger partial charge in [-0.2, -0.15) is 0 Å². The number of furan rings is 1. The molecule has 4 rings (SSSR count). The Bertz CT molecular complexity index is 1190. The molecule has 1 aromatic carbocycles. The molecule has 0 fully saturated rings. The predicted molar refractivity (Wildman–Crippen MR) is 97.0 cm³/mol. The number of aromatic nitrogens is 2. The van der Waals surface area contributed by atoms with Crippen molar-refractivity contribution in [2.75, 3.05) is 0 Å². The van der Waals surface area contributed by atoms with Gasteiger partial charge in [-0.3, -0.25) is 4.79 Å². The summed E-state index contributed by atoms with van der Waals surface area (Å²) in [6.07, 6.45) is 6.45. The molecule has 0 saturated carbocycles. The van der Waals surface area contributed by atoms with Gasteiger partial charge in [-0.15, -0.1) is 0 Å². The highest BCUT2D eigenvalue weighted by Gasteiger charge is 2.20. The SMILES string of the molecule is O=C(NCc1ccc(S(=O)(=O)c2ccco2)cc1)c1ccc2nccn2c1. The molecule has 0 aliphatic heterocycles. The molecular weight excluding hydrogens is 366 g/mol. The van der Waals surface area contributed by atoms with Gasteiger partial charge < -0.3 is 14.1 Å². The normalized spacial score (nSPS) is 11.6. The largest absolute Gasteiger partial charge is 0.453 e. The third-order valence-corrected chi connectivity index (χ3v) is 5.75. The molecule has 0 saturated heterocycles. The van der Waals surface area contributed by atoms with Crippen molar-refractivity contribution in [2.24, 2.45) is 0 Å². The van der Waals surface area contributed by atoms with Crippen molar-refractivity contribution in [3.63, 3.8) is 0 Å². The summed E-state index contributed by atoms with van der Waals surface area (Å²) in [4.78, 5) is 16.6. The topological polar surface area (TPSA) is 93.7 Å². The highest BCUT2D eigenvalue weighted by Crippen LogP contribution is 2.21. The minimum Gasteiger partial charge on any atom is -0.453 e. The van der Waals surface area contributed by atoms with Crippen molar-refractivity contribution in [1.29, 1.82) is 0 Å². The second kappa shape index (κ2) is 6.73. The lowest BCUT2D eigenvalue weighted by Gasteiger charge is -2.07. The molecule has 0 aliphatic rings. The van der Waals surface area contributed by atoms with Gasteiger partial charge in [0.15, 0.2) is 0 Å². The van der Waals surface area contributed by atoms with E-state index in [0.29, 0.717) is 5.56 Å². The first-order valence-electron chi connectivity index (χ1n) is 8.12. The van der Waals surface area contributed by atoms with Crippen molar-refractivity contribution in [3.8, 4) is 0 Å². The molecule has 0 radical (unpaired) electrons. The van der Waals surface area contributed by atoms with Crippen molar-refractivity contribution in [3.05, 3.63) is 84.5 Å². The van der Waals surface area contributed by atoms with Crippen LogP contribution >= 0.6 is 0 Å². The number of sulfone groups is 1. The number of pyridine rings is 1. The molecule has 0 aliphatic carbocycles. The second-order valence-electron chi connectivity index (χ2n) is 5.87. The lowest BCUT2D eigenvalue weighted by Crippen LogP contribution is -2.23. The van der Waals surface area contributed by atoms with E-state index in [2.05, 4.69) is 10.3 Å². The van der Waals surface area contributed by atoms with Crippen LogP contribution in [0.4, 0.5) is 0 Å². The Hall–Kier alpha value is -3.39. The molecule has 0 bridgehead atoms. The molecule has 3 aromatic heterocycles. The number of carbonyl (C=O) groups excluding carboxylic acids is 1. The molecule has 3 heterocycles. The van der Waals surface area contributed by atoms with E-state index in [1.54, 1.807) is 47.3 Å². The summed E-state index contributed by atoms with van der Waals surface area (Å²) >= 11 is 0. The third kappa shape index (κ3) is 3.34. The van der Waals surface area contributed by atoms with Crippen LogP contribution in [0.2, 0.25) is 0 Å². The average Bonchev–Trinajstić information content (AvgIpc) is 3.37. The lowest BCUT2D eigenvalue weighted by atomic mass is 10.2. The Morgan fingerprint density at radius 1 is 1.11 bits per heavy atom. The van der Waals surface area contributed by atoms with Gasteiger partial charge in [-0.1, -0.05) is 12.1 Å². The number of hydrogen-bond acceptors (Lipinski definition) is 5. The minimum absolute atomic E-state index is 0.0987. The van der Waals surface area contributed by atoms with Gasteiger partial charge >= 0.3 is 0 Å². The highest BCUT2D eigenvalue weighted by molar-refractivity contribution is 7.91. The number of amides is 1. The highest BCUT2D eigenvalue weighted by atomic mass is 32.2. The molecule has 27 heavy (non-hydrogen) atoms. The Kier molecular flexibility index (Phi) is 4.25. The molecule has 4 aromatic rings. The first-order valence-corrected chi connectivity index (χ1v) is 9.61. The van der Waals surface area contributed by atoms with Crippen LogP contribution in [0.15, 0.2) is 87.8 Å². The van der Waals surface area contributed by atoms with E-state index in [1.165, 1.54) is 30.5 Å². The number of fused-ring (bicyclic) bond motifs is 1. The van der Waals surface area contributed by atoms with Gasteiger partial charge in [0.05, 0.1) is 16.7 Å². The predicted octanol–water partition coefficient (Wildman–Crippen LogP) is 2.69. The van der Waals surface area contributed by atoms with E-state index >= 15 is 0 Å². The summed E-state index contributed by atoms with van der Waals surface area (Å²) in [5.41, 5.74) is 2.06. The molecule has 1 amide bonds. The van der Waals surface area contributed by atoms with Crippen molar-refractivity contribution in [2.45, 2.75) is 16.5 Å². The van der Waals surface area contributed by atoms with Crippen molar-refractivity contribution in [1.82, 2.24) is 14.7 Å². The van der Waals surface area contributed by atoms with E-state index in [-0.39, 0.29) is 22.4 Å².